The first-order valence-electron chi connectivity index (χ1n) is 10.2. The minimum Gasteiger partial charge on any atom is -0.337 e. The maximum Gasteiger partial charge on any atom is 0.291 e. The molecule has 0 radical (unpaired) electrons. The summed E-state index contributed by atoms with van der Waals surface area (Å²) in [6, 6.07) is 7.40. The third-order valence-electron chi connectivity index (χ3n) is 5.89. The van der Waals surface area contributed by atoms with E-state index in [-0.39, 0.29) is 23.6 Å². The number of nitrogens with zero attached hydrogens (tertiary/aromatic N) is 6. The number of halogens is 1. The molecule has 0 saturated carbocycles. The maximum absolute atomic E-state index is 14.2. The Bertz CT molecular complexity index is 1180. The van der Waals surface area contributed by atoms with Gasteiger partial charge in [0.1, 0.15) is 23.5 Å². The lowest BCUT2D eigenvalue weighted by Crippen LogP contribution is -2.47. The maximum atomic E-state index is 14.2. The summed E-state index contributed by atoms with van der Waals surface area (Å²) in [5, 5.41) is 11.5. The van der Waals surface area contributed by atoms with E-state index < -0.39 is 11.9 Å². The minimum absolute atomic E-state index is 0.00989. The quantitative estimate of drug-likeness (QED) is 0.691. The van der Waals surface area contributed by atoms with Gasteiger partial charge in [0.05, 0.1) is 11.7 Å². The largest absolute Gasteiger partial charge is 0.337 e. The molecule has 0 aliphatic carbocycles. The van der Waals surface area contributed by atoms with E-state index in [1.165, 1.54) is 11.0 Å². The molecule has 3 aromatic rings. The molecular formula is C21H22FN7O2. The molecule has 1 N–H and O–H groups in total. The van der Waals surface area contributed by atoms with Crippen LogP contribution in [0.1, 0.15) is 46.6 Å². The van der Waals surface area contributed by atoms with Gasteiger partial charge in [-0.2, -0.15) is 5.10 Å². The molecule has 160 valence electrons. The molecule has 0 saturated heterocycles. The average Bonchev–Trinajstić information content (AvgIpc) is 3.42. The highest BCUT2D eigenvalue weighted by Gasteiger charge is 2.33. The number of benzene rings is 1. The van der Waals surface area contributed by atoms with Gasteiger partial charge in [-0.25, -0.2) is 18.7 Å². The molecule has 2 atom stereocenters. The zero-order valence-electron chi connectivity index (χ0n) is 17.2. The first-order valence-corrected chi connectivity index (χ1v) is 10.2. The highest BCUT2D eigenvalue weighted by molar-refractivity contribution is 6.00. The van der Waals surface area contributed by atoms with Gasteiger partial charge in [-0.15, -0.1) is 5.10 Å². The molecule has 10 heteroatoms. The van der Waals surface area contributed by atoms with Crippen molar-refractivity contribution in [1.82, 2.24) is 29.9 Å². The number of nitrogens with one attached hydrogen (secondary N) is 1. The Labute approximate surface area is 177 Å². The summed E-state index contributed by atoms with van der Waals surface area (Å²) in [5.41, 5.74) is 1.36. The summed E-state index contributed by atoms with van der Waals surface area (Å²) in [6.07, 6.45) is 1.69. The number of anilines is 1. The van der Waals surface area contributed by atoms with Crippen LogP contribution in [0.5, 0.6) is 0 Å². The van der Waals surface area contributed by atoms with Gasteiger partial charge in [-0.1, -0.05) is 18.2 Å². The van der Waals surface area contributed by atoms with E-state index in [2.05, 4.69) is 20.5 Å². The second kappa shape index (κ2) is 7.29. The smallest absolute Gasteiger partial charge is 0.291 e. The highest BCUT2D eigenvalue weighted by atomic mass is 19.1. The molecule has 2 amide bonds. The van der Waals surface area contributed by atoms with Gasteiger partial charge in [0.25, 0.3) is 11.8 Å². The fraction of sp³-hybridized carbons (Fsp3) is 0.381. The summed E-state index contributed by atoms with van der Waals surface area (Å²) in [5.74, 6) is 0.287. The molecule has 4 heterocycles. The van der Waals surface area contributed by atoms with E-state index in [1.54, 1.807) is 34.6 Å². The second-order valence-electron chi connectivity index (χ2n) is 7.95. The zero-order chi connectivity index (χ0) is 21.7. The van der Waals surface area contributed by atoms with Crippen molar-refractivity contribution >= 4 is 17.6 Å². The Hall–Kier alpha value is -3.56. The first kappa shape index (κ1) is 19.4. The lowest BCUT2D eigenvalue weighted by Gasteiger charge is -2.20. The molecule has 2 aliphatic rings. The Morgan fingerprint density at radius 1 is 1.23 bits per heavy atom. The number of fused-ring (bicyclic) bond motifs is 2. The van der Waals surface area contributed by atoms with Gasteiger partial charge < -0.3 is 5.32 Å². The van der Waals surface area contributed by atoms with Crippen LogP contribution in [0.4, 0.5) is 10.2 Å². The van der Waals surface area contributed by atoms with Crippen LogP contribution in [0.25, 0.3) is 0 Å². The van der Waals surface area contributed by atoms with Gasteiger partial charge in [-0.3, -0.25) is 14.5 Å². The average molecular weight is 423 g/mol. The predicted octanol–water partition coefficient (Wildman–Crippen LogP) is 1.62. The molecule has 31 heavy (non-hydrogen) atoms. The Kier molecular flexibility index (Phi) is 4.57. The van der Waals surface area contributed by atoms with Gasteiger partial charge in [0, 0.05) is 31.6 Å². The fourth-order valence-corrected chi connectivity index (χ4v) is 4.34. The summed E-state index contributed by atoms with van der Waals surface area (Å²) in [7, 11) is 1.67. The van der Waals surface area contributed by atoms with E-state index in [0.29, 0.717) is 43.0 Å². The van der Waals surface area contributed by atoms with Crippen molar-refractivity contribution in [3.05, 3.63) is 59.1 Å². The third-order valence-corrected chi connectivity index (χ3v) is 5.89. The number of carbonyl (C=O) groups is 2. The number of aromatic nitrogens is 5. The molecule has 5 rings (SSSR count). The van der Waals surface area contributed by atoms with Crippen LogP contribution in [0.15, 0.2) is 30.3 Å². The van der Waals surface area contributed by atoms with Crippen LogP contribution in [-0.2, 0) is 17.8 Å². The molecular weight excluding hydrogens is 401 g/mol. The Balaban J connectivity index is 1.34. The van der Waals surface area contributed by atoms with Crippen LogP contribution >= 0.6 is 0 Å². The highest BCUT2D eigenvalue weighted by Crippen LogP contribution is 2.31. The topological polar surface area (TPSA) is 97.9 Å². The second-order valence-corrected chi connectivity index (χ2v) is 7.95. The van der Waals surface area contributed by atoms with E-state index in [9.17, 15) is 14.0 Å². The number of hydrogen-bond donors (Lipinski definition) is 1. The number of amides is 2. The molecule has 9 nitrogen and oxygen atoms in total. The Morgan fingerprint density at radius 2 is 2.03 bits per heavy atom. The van der Waals surface area contributed by atoms with Crippen LogP contribution in [0.3, 0.4) is 0 Å². The van der Waals surface area contributed by atoms with Gasteiger partial charge in [0.15, 0.2) is 0 Å². The molecule has 0 bridgehead atoms. The third kappa shape index (κ3) is 3.28. The van der Waals surface area contributed by atoms with Crippen LogP contribution in [-0.4, -0.2) is 49.4 Å². The molecule has 0 fully saturated rings. The molecule has 0 unspecified atom stereocenters. The predicted molar refractivity (Wildman–Crippen MR) is 109 cm³/mol. The molecule has 2 aromatic heterocycles. The molecule has 1 aromatic carbocycles. The fourth-order valence-electron chi connectivity index (χ4n) is 4.34. The van der Waals surface area contributed by atoms with Gasteiger partial charge in [0.2, 0.25) is 5.82 Å². The standard InChI is InChI=1S/C21H22FN7O2/c1-12-11-18-27(2)21(31)15(9-10-28(18)25-12)23-20(30)19-24-17-8-7-16(29(17)26-19)13-5-3-4-6-14(13)22/h3-6,11,15-16H,7-10H2,1-2H3,(H,23,30)/t15-,16+/m0/s1. The number of rotatable bonds is 3. The first-order chi connectivity index (χ1) is 14.9. The van der Waals surface area contributed by atoms with Crippen molar-refractivity contribution in [2.75, 3.05) is 11.9 Å². The van der Waals surface area contributed by atoms with Crippen LogP contribution < -0.4 is 10.2 Å². The normalized spacial score (nSPS) is 20.4. The van der Waals surface area contributed by atoms with Crippen molar-refractivity contribution in [3.8, 4) is 0 Å². The summed E-state index contributed by atoms with van der Waals surface area (Å²) in [6.45, 7) is 2.38. The van der Waals surface area contributed by atoms with Crippen molar-refractivity contribution in [2.45, 2.75) is 44.8 Å². The van der Waals surface area contributed by atoms with Gasteiger partial charge >= 0.3 is 0 Å². The van der Waals surface area contributed by atoms with E-state index in [1.807, 2.05) is 13.0 Å². The zero-order valence-corrected chi connectivity index (χ0v) is 17.2. The monoisotopic (exact) mass is 423 g/mol. The molecule has 2 aliphatic heterocycles. The van der Waals surface area contributed by atoms with Gasteiger partial charge in [-0.05, 0) is 25.8 Å². The Morgan fingerprint density at radius 3 is 2.84 bits per heavy atom. The number of likely N-dealkylation sites (N-methyl/N-ethyl adjacent to an activating group) is 1. The van der Waals surface area contributed by atoms with Crippen molar-refractivity contribution in [1.29, 1.82) is 0 Å². The summed E-state index contributed by atoms with van der Waals surface area (Å²) >= 11 is 0. The molecule has 0 spiro atoms. The van der Waals surface area contributed by atoms with Crippen LogP contribution in [0, 0.1) is 12.7 Å². The lowest BCUT2D eigenvalue weighted by atomic mass is 10.0. The summed E-state index contributed by atoms with van der Waals surface area (Å²) < 4.78 is 17.6. The van der Waals surface area contributed by atoms with E-state index in [0.717, 1.165) is 5.69 Å². The van der Waals surface area contributed by atoms with Crippen LogP contribution in [0.2, 0.25) is 0 Å². The van der Waals surface area contributed by atoms with Crippen molar-refractivity contribution in [2.24, 2.45) is 0 Å². The summed E-state index contributed by atoms with van der Waals surface area (Å²) in [4.78, 5) is 31.6. The van der Waals surface area contributed by atoms with Crippen molar-refractivity contribution < 1.29 is 14.0 Å². The van der Waals surface area contributed by atoms with E-state index in [4.69, 9.17) is 0 Å². The lowest BCUT2D eigenvalue weighted by molar-refractivity contribution is -0.120. The van der Waals surface area contributed by atoms with E-state index >= 15 is 0 Å². The number of aryl methyl sites for hydroxylation is 3. The number of carbonyl (C=O) groups excluding carboxylic acids is 2. The SMILES string of the molecule is Cc1cc2n(n1)CC[C@H](NC(=O)c1nc3n(n1)[C@@H](c1ccccc1F)CC3)C(=O)N2C. The number of hydrogen-bond acceptors (Lipinski definition) is 5. The minimum atomic E-state index is -0.708. The van der Waals surface area contributed by atoms with Crippen molar-refractivity contribution in [3.63, 3.8) is 0 Å².